The molecule has 1 aliphatic heterocycles. The Morgan fingerprint density at radius 2 is 2.08 bits per heavy atom. The fourth-order valence-corrected chi connectivity index (χ4v) is 3.53. The van der Waals surface area contributed by atoms with E-state index in [1.54, 1.807) is 23.0 Å². The predicted molar refractivity (Wildman–Crippen MR) is 94.0 cm³/mol. The molecule has 5 rings (SSSR count). The van der Waals surface area contributed by atoms with E-state index in [1.807, 2.05) is 4.90 Å². The van der Waals surface area contributed by atoms with Gasteiger partial charge in [-0.15, -0.1) is 10.2 Å². The van der Waals surface area contributed by atoms with Crippen LogP contribution in [-0.4, -0.2) is 49.7 Å². The minimum Gasteiger partial charge on any atom is -0.459 e. The number of rotatable bonds is 4. The lowest BCUT2D eigenvalue weighted by Crippen LogP contribution is -2.42. The summed E-state index contributed by atoms with van der Waals surface area (Å²) in [5.41, 5.74) is 2.84. The van der Waals surface area contributed by atoms with Crippen molar-refractivity contribution >= 4 is 17.2 Å². The molecule has 1 saturated carbocycles. The Hall–Kier alpha value is -2.90. The van der Waals surface area contributed by atoms with Crippen molar-refractivity contribution in [1.29, 1.82) is 0 Å². The van der Waals surface area contributed by atoms with Crippen molar-refractivity contribution in [1.82, 2.24) is 24.7 Å². The summed E-state index contributed by atoms with van der Waals surface area (Å²) >= 11 is 0. The summed E-state index contributed by atoms with van der Waals surface area (Å²) in [6.45, 7) is 1.42. The van der Waals surface area contributed by atoms with E-state index in [4.69, 9.17) is 4.42 Å². The Kier molecular flexibility index (Phi) is 3.62. The zero-order chi connectivity index (χ0) is 17.5. The molecule has 1 amide bonds. The fraction of sp³-hybridized carbons (Fsp3) is 0.444. The van der Waals surface area contributed by atoms with E-state index < -0.39 is 0 Å². The molecule has 0 unspecified atom stereocenters. The maximum atomic E-state index is 12.4. The van der Waals surface area contributed by atoms with Gasteiger partial charge in [0.1, 0.15) is 6.33 Å². The molecule has 1 saturated heterocycles. The van der Waals surface area contributed by atoms with Crippen LogP contribution in [0.25, 0.3) is 5.65 Å². The predicted octanol–water partition coefficient (Wildman–Crippen LogP) is 2.31. The van der Waals surface area contributed by atoms with Crippen LogP contribution in [0.15, 0.2) is 35.2 Å². The Morgan fingerprint density at radius 3 is 2.81 bits per heavy atom. The first kappa shape index (κ1) is 15.4. The number of nitrogens with zero attached hydrogens (tertiary/aromatic N) is 5. The van der Waals surface area contributed by atoms with Crippen LogP contribution >= 0.6 is 0 Å². The number of furan rings is 1. The zero-order valence-electron chi connectivity index (χ0n) is 14.3. The molecule has 4 heterocycles. The molecule has 0 atom stereocenters. The monoisotopic (exact) mass is 352 g/mol. The zero-order valence-corrected chi connectivity index (χ0v) is 14.3. The molecule has 3 aromatic rings. The number of fused-ring (bicyclic) bond motifs is 1. The number of hydrogen-bond donors (Lipinski definition) is 1. The molecule has 2 aliphatic rings. The van der Waals surface area contributed by atoms with Crippen molar-refractivity contribution in [2.45, 2.75) is 37.6 Å². The second-order valence-corrected chi connectivity index (χ2v) is 7.04. The van der Waals surface area contributed by atoms with E-state index in [0.717, 1.165) is 29.9 Å². The van der Waals surface area contributed by atoms with Crippen LogP contribution in [-0.2, 0) is 0 Å². The lowest BCUT2D eigenvalue weighted by molar-refractivity contribution is 0.0686. The number of anilines is 1. The van der Waals surface area contributed by atoms with Crippen LogP contribution < -0.4 is 5.32 Å². The van der Waals surface area contributed by atoms with Gasteiger partial charge in [0.2, 0.25) is 5.65 Å². The molecule has 3 aromatic heterocycles. The van der Waals surface area contributed by atoms with E-state index in [0.29, 0.717) is 30.8 Å². The summed E-state index contributed by atoms with van der Waals surface area (Å²) in [7, 11) is 0. The van der Waals surface area contributed by atoms with Gasteiger partial charge in [0.05, 0.1) is 17.6 Å². The van der Waals surface area contributed by atoms with Crippen molar-refractivity contribution in [3.8, 4) is 0 Å². The van der Waals surface area contributed by atoms with Gasteiger partial charge in [-0.1, -0.05) is 0 Å². The highest BCUT2D eigenvalue weighted by molar-refractivity contribution is 5.91. The van der Waals surface area contributed by atoms with E-state index in [-0.39, 0.29) is 5.91 Å². The SMILES string of the molecule is O=C(c1ccco1)N1CCC(Nc2cc(C3CC3)nn3cnnc23)CC1. The van der Waals surface area contributed by atoms with Gasteiger partial charge in [0.25, 0.3) is 5.91 Å². The van der Waals surface area contributed by atoms with Crippen LogP contribution in [0.1, 0.15) is 47.8 Å². The van der Waals surface area contributed by atoms with Gasteiger partial charge < -0.3 is 14.6 Å². The molecular weight excluding hydrogens is 332 g/mol. The third kappa shape index (κ3) is 2.81. The average molecular weight is 352 g/mol. The quantitative estimate of drug-likeness (QED) is 0.775. The molecule has 1 aliphatic carbocycles. The first-order chi connectivity index (χ1) is 12.8. The smallest absolute Gasteiger partial charge is 0.289 e. The number of piperidine rings is 1. The Morgan fingerprint density at radius 1 is 1.23 bits per heavy atom. The topological polar surface area (TPSA) is 88.6 Å². The highest BCUT2D eigenvalue weighted by Crippen LogP contribution is 2.40. The second-order valence-electron chi connectivity index (χ2n) is 7.04. The first-order valence-corrected chi connectivity index (χ1v) is 9.08. The summed E-state index contributed by atoms with van der Waals surface area (Å²) in [4.78, 5) is 14.2. The second kappa shape index (κ2) is 6.12. The van der Waals surface area contributed by atoms with Gasteiger partial charge in [-0.25, -0.2) is 0 Å². The number of nitrogens with one attached hydrogen (secondary N) is 1. The average Bonchev–Trinajstić information content (AvgIpc) is 3.17. The van der Waals surface area contributed by atoms with Gasteiger partial charge in [-0.3, -0.25) is 4.79 Å². The van der Waals surface area contributed by atoms with Crippen LogP contribution in [0.4, 0.5) is 5.69 Å². The number of carbonyl (C=O) groups is 1. The summed E-state index contributed by atoms with van der Waals surface area (Å²) in [5.74, 6) is 0.938. The number of hydrogen-bond acceptors (Lipinski definition) is 6. The van der Waals surface area contributed by atoms with Crippen LogP contribution in [0.2, 0.25) is 0 Å². The molecule has 0 bridgehead atoms. The van der Waals surface area contributed by atoms with Crippen molar-refractivity contribution in [3.63, 3.8) is 0 Å². The summed E-state index contributed by atoms with van der Waals surface area (Å²) in [6, 6.07) is 5.87. The van der Waals surface area contributed by atoms with Crippen LogP contribution in [0.3, 0.4) is 0 Å². The number of likely N-dealkylation sites (tertiary alicyclic amines) is 1. The summed E-state index contributed by atoms with van der Waals surface area (Å²) < 4.78 is 6.98. The van der Waals surface area contributed by atoms with Gasteiger partial charge in [-0.2, -0.15) is 9.61 Å². The maximum absolute atomic E-state index is 12.4. The lowest BCUT2D eigenvalue weighted by atomic mass is 10.0. The standard InChI is InChI=1S/C18H20N6O2/c25-18(16-2-1-9-26-16)23-7-5-13(6-8-23)20-15-10-14(12-3-4-12)22-24-11-19-21-17(15)24/h1-2,9-13,20H,3-8H2. The molecular formula is C18H20N6O2. The third-order valence-corrected chi connectivity index (χ3v) is 5.16. The van der Waals surface area contributed by atoms with E-state index in [2.05, 4.69) is 26.7 Å². The lowest BCUT2D eigenvalue weighted by Gasteiger charge is -2.32. The van der Waals surface area contributed by atoms with E-state index >= 15 is 0 Å². The van der Waals surface area contributed by atoms with Crippen molar-refractivity contribution < 1.29 is 9.21 Å². The van der Waals surface area contributed by atoms with Crippen LogP contribution in [0.5, 0.6) is 0 Å². The number of aromatic nitrogens is 4. The number of carbonyl (C=O) groups excluding carboxylic acids is 1. The first-order valence-electron chi connectivity index (χ1n) is 9.08. The molecule has 8 nitrogen and oxygen atoms in total. The van der Waals surface area contributed by atoms with Gasteiger partial charge >= 0.3 is 0 Å². The molecule has 2 fully saturated rings. The Labute approximate surface area is 150 Å². The number of amides is 1. The fourth-order valence-electron chi connectivity index (χ4n) is 3.53. The van der Waals surface area contributed by atoms with Crippen LogP contribution in [0, 0.1) is 0 Å². The molecule has 0 aromatic carbocycles. The Bertz CT molecular complexity index is 922. The van der Waals surface area contributed by atoms with Gasteiger partial charge in [0.15, 0.2) is 5.76 Å². The molecule has 134 valence electrons. The largest absolute Gasteiger partial charge is 0.459 e. The van der Waals surface area contributed by atoms with Crippen molar-refractivity contribution in [2.75, 3.05) is 18.4 Å². The summed E-state index contributed by atoms with van der Waals surface area (Å²) in [5, 5.41) is 16.4. The molecule has 8 heteroatoms. The molecule has 1 N–H and O–H groups in total. The van der Waals surface area contributed by atoms with Crippen molar-refractivity contribution in [3.05, 3.63) is 42.2 Å². The van der Waals surface area contributed by atoms with E-state index in [9.17, 15) is 4.79 Å². The minimum atomic E-state index is -0.0340. The maximum Gasteiger partial charge on any atom is 0.289 e. The Balaban J connectivity index is 1.29. The normalized spacial score (nSPS) is 18.4. The highest BCUT2D eigenvalue weighted by Gasteiger charge is 2.28. The molecule has 26 heavy (non-hydrogen) atoms. The molecule has 0 spiro atoms. The van der Waals surface area contributed by atoms with Gasteiger partial charge in [0, 0.05) is 25.0 Å². The van der Waals surface area contributed by atoms with E-state index in [1.165, 1.54) is 19.1 Å². The van der Waals surface area contributed by atoms with Crippen molar-refractivity contribution in [2.24, 2.45) is 0 Å². The third-order valence-electron chi connectivity index (χ3n) is 5.16. The minimum absolute atomic E-state index is 0.0340. The van der Waals surface area contributed by atoms with Gasteiger partial charge in [-0.05, 0) is 43.9 Å². The molecule has 0 radical (unpaired) electrons. The highest BCUT2D eigenvalue weighted by atomic mass is 16.3. The summed E-state index contributed by atoms with van der Waals surface area (Å²) in [6.07, 6.45) is 7.35.